The van der Waals surface area contributed by atoms with E-state index in [1.807, 2.05) is 0 Å². The van der Waals surface area contributed by atoms with Gasteiger partial charge >= 0.3 is 0 Å². The Kier molecular flexibility index (Phi) is 3.33. The Morgan fingerprint density at radius 1 is 1.44 bits per heavy atom. The molecule has 0 saturated carbocycles. The average molecular weight is 261 g/mol. The maximum atomic E-state index is 12.0. The molecule has 1 N–H and O–H groups in total. The maximum Gasteiger partial charge on any atom is 0.254 e. The van der Waals surface area contributed by atoms with E-state index in [1.54, 1.807) is 4.90 Å². The Bertz CT molecular complexity index is 405. The van der Waals surface area contributed by atoms with E-state index in [4.69, 9.17) is 23.2 Å². The molecule has 0 spiro atoms. The van der Waals surface area contributed by atoms with Crippen LogP contribution in [0, 0.1) is 0 Å². The zero-order chi connectivity index (χ0) is 11.7. The van der Waals surface area contributed by atoms with Crippen molar-refractivity contribution in [3.8, 4) is 0 Å². The Hall–Kier alpha value is -0.840. The molecule has 1 aromatic heterocycles. The van der Waals surface area contributed by atoms with Crippen LogP contribution in [0.4, 0.5) is 0 Å². The number of likely N-dealkylation sites (tertiary alicyclic amines) is 1. The number of β-amino-alcohol motifs (C(OH)–C–C–N with tert-alkyl or cyclic N) is 1. The molecular weight excluding hydrogens is 251 g/mol. The van der Waals surface area contributed by atoms with Gasteiger partial charge in [0.1, 0.15) is 10.3 Å². The van der Waals surface area contributed by atoms with Crippen LogP contribution in [0.25, 0.3) is 0 Å². The van der Waals surface area contributed by atoms with Gasteiger partial charge in [-0.3, -0.25) is 4.79 Å². The van der Waals surface area contributed by atoms with Crippen molar-refractivity contribution < 1.29 is 9.90 Å². The van der Waals surface area contributed by atoms with Gasteiger partial charge in [-0.1, -0.05) is 23.2 Å². The first-order chi connectivity index (χ1) is 7.56. The van der Waals surface area contributed by atoms with Gasteiger partial charge in [-0.2, -0.15) is 0 Å². The van der Waals surface area contributed by atoms with Gasteiger partial charge in [-0.15, -0.1) is 0 Å². The van der Waals surface area contributed by atoms with Gasteiger partial charge in [0.15, 0.2) is 0 Å². The van der Waals surface area contributed by atoms with Crippen LogP contribution in [0.5, 0.6) is 0 Å². The summed E-state index contributed by atoms with van der Waals surface area (Å²) in [6.45, 7) is 0.911. The van der Waals surface area contributed by atoms with Crippen molar-refractivity contribution in [1.82, 2.24) is 9.88 Å². The van der Waals surface area contributed by atoms with E-state index in [2.05, 4.69) is 4.98 Å². The lowest BCUT2D eigenvalue weighted by atomic mass is 10.2. The fourth-order valence-corrected chi connectivity index (χ4v) is 2.16. The van der Waals surface area contributed by atoms with E-state index in [1.165, 1.54) is 12.1 Å². The van der Waals surface area contributed by atoms with Crippen molar-refractivity contribution in [2.24, 2.45) is 0 Å². The van der Waals surface area contributed by atoms with Crippen LogP contribution in [0.3, 0.4) is 0 Å². The Morgan fingerprint density at radius 3 is 2.56 bits per heavy atom. The van der Waals surface area contributed by atoms with Gasteiger partial charge in [0.05, 0.1) is 6.10 Å². The number of aliphatic hydroxyl groups excluding tert-OH is 1. The first-order valence-corrected chi connectivity index (χ1v) is 5.62. The number of amides is 1. The van der Waals surface area contributed by atoms with Crippen LogP contribution < -0.4 is 0 Å². The van der Waals surface area contributed by atoms with Gasteiger partial charge in [0.2, 0.25) is 0 Å². The molecule has 86 valence electrons. The number of rotatable bonds is 1. The highest BCUT2D eigenvalue weighted by Gasteiger charge is 2.25. The minimum Gasteiger partial charge on any atom is -0.391 e. The molecule has 2 heterocycles. The number of aromatic nitrogens is 1. The molecule has 6 heteroatoms. The van der Waals surface area contributed by atoms with E-state index in [-0.39, 0.29) is 16.2 Å². The Morgan fingerprint density at radius 2 is 2.06 bits per heavy atom. The predicted molar refractivity (Wildman–Crippen MR) is 60.8 cm³/mol. The molecule has 1 aliphatic rings. The van der Waals surface area contributed by atoms with E-state index in [0.29, 0.717) is 25.1 Å². The van der Waals surface area contributed by atoms with Crippen LogP contribution in [-0.4, -0.2) is 40.1 Å². The van der Waals surface area contributed by atoms with Gasteiger partial charge in [-0.05, 0) is 18.6 Å². The van der Waals surface area contributed by atoms with Crippen molar-refractivity contribution in [2.45, 2.75) is 12.5 Å². The zero-order valence-corrected chi connectivity index (χ0v) is 9.87. The van der Waals surface area contributed by atoms with E-state index >= 15 is 0 Å². The summed E-state index contributed by atoms with van der Waals surface area (Å²) in [5.74, 6) is -0.178. The molecule has 0 unspecified atom stereocenters. The van der Waals surface area contributed by atoms with Crippen LogP contribution in [-0.2, 0) is 0 Å². The van der Waals surface area contributed by atoms with Crippen LogP contribution >= 0.6 is 23.2 Å². The zero-order valence-electron chi connectivity index (χ0n) is 8.36. The van der Waals surface area contributed by atoms with Gasteiger partial charge in [-0.25, -0.2) is 4.98 Å². The fourth-order valence-electron chi connectivity index (χ4n) is 1.70. The number of pyridine rings is 1. The lowest BCUT2D eigenvalue weighted by molar-refractivity contribution is 0.0765. The number of carbonyl (C=O) groups excluding carboxylic acids is 1. The third-order valence-electron chi connectivity index (χ3n) is 2.46. The van der Waals surface area contributed by atoms with Crippen LogP contribution in [0.2, 0.25) is 10.3 Å². The molecule has 1 saturated heterocycles. The molecule has 4 nitrogen and oxygen atoms in total. The smallest absolute Gasteiger partial charge is 0.254 e. The van der Waals surface area contributed by atoms with Crippen molar-refractivity contribution in [2.75, 3.05) is 13.1 Å². The summed E-state index contributed by atoms with van der Waals surface area (Å²) in [6.07, 6.45) is 0.176. The highest BCUT2D eigenvalue weighted by atomic mass is 35.5. The van der Waals surface area contributed by atoms with Crippen LogP contribution in [0.1, 0.15) is 16.8 Å². The quantitative estimate of drug-likeness (QED) is 0.781. The maximum absolute atomic E-state index is 12.0. The normalized spacial score (nSPS) is 20.2. The number of halogens is 2. The molecule has 0 bridgehead atoms. The largest absolute Gasteiger partial charge is 0.391 e. The molecule has 1 aromatic rings. The summed E-state index contributed by atoms with van der Waals surface area (Å²) in [6, 6.07) is 2.95. The minimum absolute atomic E-state index is 0.178. The number of hydrogen-bond acceptors (Lipinski definition) is 3. The highest BCUT2D eigenvalue weighted by molar-refractivity contribution is 6.33. The molecule has 0 radical (unpaired) electrons. The molecule has 0 aliphatic carbocycles. The second kappa shape index (κ2) is 4.57. The topological polar surface area (TPSA) is 53.4 Å². The van der Waals surface area contributed by atoms with Crippen molar-refractivity contribution in [3.05, 3.63) is 28.0 Å². The number of hydrogen-bond donors (Lipinski definition) is 1. The lowest BCUT2D eigenvalue weighted by Gasteiger charge is -2.15. The third-order valence-corrected chi connectivity index (χ3v) is 2.85. The SMILES string of the molecule is O=C(c1cc(Cl)nc(Cl)c1)N1CC[C@@H](O)C1. The number of carbonyl (C=O) groups is 1. The Balaban J connectivity index is 2.20. The van der Waals surface area contributed by atoms with Crippen molar-refractivity contribution in [1.29, 1.82) is 0 Å². The predicted octanol–water partition coefficient (Wildman–Crippen LogP) is 1.60. The lowest BCUT2D eigenvalue weighted by Crippen LogP contribution is -2.29. The molecule has 2 rings (SSSR count). The summed E-state index contributed by atoms with van der Waals surface area (Å²) in [5, 5.41) is 9.73. The van der Waals surface area contributed by atoms with Gasteiger partial charge in [0, 0.05) is 18.7 Å². The standard InChI is InChI=1S/C10H10Cl2N2O2/c11-8-3-6(4-9(12)13-8)10(16)14-2-1-7(15)5-14/h3-4,7,15H,1-2,5H2/t7-/m1/s1. The summed E-state index contributed by atoms with van der Waals surface area (Å²) in [4.78, 5) is 17.3. The second-order valence-corrected chi connectivity index (χ2v) is 4.47. The summed E-state index contributed by atoms with van der Waals surface area (Å²) in [5.41, 5.74) is 0.402. The van der Waals surface area contributed by atoms with Crippen molar-refractivity contribution in [3.63, 3.8) is 0 Å². The summed E-state index contributed by atoms with van der Waals surface area (Å²) in [7, 11) is 0. The molecule has 1 aliphatic heterocycles. The fraction of sp³-hybridized carbons (Fsp3) is 0.400. The van der Waals surface area contributed by atoms with E-state index < -0.39 is 6.10 Å². The second-order valence-electron chi connectivity index (χ2n) is 3.69. The van der Waals surface area contributed by atoms with Crippen molar-refractivity contribution >= 4 is 29.1 Å². The highest BCUT2D eigenvalue weighted by Crippen LogP contribution is 2.18. The van der Waals surface area contributed by atoms with Gasteiger partial charge in [0.25, 0.3) is 5.91 Å². The average Bonchev–Trinajstić information content (AvgIpc) is 2.62. The number of nitrogens with zero attached hydrogens (tertiary/aromatic N) is 2. The minimum atomic E-state index is -0.434. The van der Waals surface area contributed by atoms with Crippen LogP contribution in [0.15, 0.2) is 12.1 Å². The van der Waals surface area contributed by atoms with Gasteiger partial charge < -0.3 is 10.0 Å². The van der Waals surface area contributed by atoms with E-state index in [9.17, 15) is 9.90 Å². The number of aliphatic hydroxyl groups is 1. The molecule has 16 heavy (non-hydrogen) atoms. The Labute approximate surface area is 103 Å². The molecule has 1 atom stereocenters. The van der Waals surface area contributed by atoms with E-state index in [0.717, 1.165) is 0 Å². The molecule has 0 aromatic carbocycles. The summed E-state index contributed by atoms with van der Waals surface area (Å²) < 4.78 is 0. The first kappa shape index (κ1) is 11.6. The molecule has 1 fully saturated rings. The molecule has 1 amide bonds. The monoisotopic (exact) mass is 260 g/mol. The third kappa shape index (κ3) is 2.45. The molecular formula is C10H10Cl2N2O2. The summed E-state index contributed by atoms with van der Waals surface area (Å²) >= 11 is 11.4. The first-order valence-electron chi connectivity index (χ1n) is 4.86.